The molecule has 1 aliphatic heterocycles. The molecule has 1 heterocycles. The number of fused-ring (bicyclic) bond motifs is 1. The van der Waals surface area contributed by atoms with Gasteiger partial charge in [-0.15, -0.1) is 0 Å². The zero-order valence-electron chi connectivity index (χ0n) is 18.0. The van der Waals surface area contributed by atoms with Gasteiger partial charge in [0.15, 0.2) is 0 Å². The molecule has 0 amide bonds. The highest BCUT2D eigenvalue weighted by atomic mass is 19.1. The summed E-state index contributed by atoms with van der Waals surface area (Å²) in [5.41, 5.74) is 0.262. The minimum absolute atomic E-state index is 0.0712. The molecular weight excluding hydrogens is 431 g/mol. The molecule has 0 aromatic heterocycles. The molecule has 0 bridgehead atoms. The van der Waals surface area contributed by atoms with Crippen LogP contribution >= 0.6 is 0 Å². The number of rotatable bonds is 6. The second-order valence-corrected chi connectivity index (χ2v) is 7.79. The van der Waals surface area contributed by atoms with Gasteiger partial charge in [-0.05, 0) is 56.2 Å². The zero-order chi connectivity index (χ0) is 23.4. The van der Waals surface area contributed by atoms with Gasteiger partial charge in [-0.3, -0.25) is 4.79 Å². The largest absolute Gasteiger partial charge is 0.493 e. The molecule has 2 aromatic rings. The van der Waals surface area contributed by atoms with Crippen LogP contribution < -0.4 is 4.74 Å². The smallest absolute Gasteiger partial charge is 0.341 e. The van der Waals surface area contributed by atoms with Crippen molar-refractivity contribution in [1.82, 2.24) is 0 Å². The van der Waals surface area contributed by atoms with Crippen LogP contribution in [0.3, 0.4) is 0 Å². The summed E-state index contributed by atoms with van der Waals surface area (Å²) in [6.45, 7) is 2.01. The standard InChI is InChI=1S/C25H23FO7/c1-2-30-24(28)15-7-9-16(10-8-15)32-22-14-31-21-13-17(11-12-19(21)23(22)27)33-25(29)18-5-3-4-6-20(18)26/h3-10,14,17,19,21H,2,11-13H2,1H3. The summed E-state index contributed by atoms with van der Waals surface area (Å²) in [4.78, 5) is 36.9. The van der Waals surface area contributed by atoms with Gasteiger partial charge in [0.2, 0.25) is 11.5 Å². The minimum Gasteiger partial charge on any atom is -0.493 e. The van der Waals surface area contributed by atoms with E-state index < -0.39 is 35.9 Å². The molecule has 0 saturated heterocycles. The van der Waals surface area contributed by atoms with Crippen molar-refractivity contribution in [3.8, 4) is 5.75 Å². The third kappa shape index (κ3) is 5.05. The van der Waals surface area contributed by atoms with E-state index in [1.54, 1.807) is 37.3 Å². The maximum absolute atomic E-state index is 13.8. The maximum atomic E-state index is 13.8. The average molecular weight is 454 g/mol. The first-order valence-corrected chi connectivity index (χ1v) is 10.8. The lowest BCUT2D eigenvalue weighted by molar-refractivity contribution is -0.132. The van der Waals surface area contributed by atoms with Crippen LogP contribution in [0.4, 0.5) is 4.39 Å². The highest BCUT2D eigenvalue weighted by molar-refractivity contribution is 5.96. The Hall–Kier alpha value is -3.68. The van der Waals surface area contributed by atoms with Crippen molar-refractivity contribution < 1.29 is 37.7 Å². The Labute approximate surface area is 190 Å². The fraction of sp³-hybridized carbons (Fsp3) is 0.320. The quantitative estimate of drug-likeness (QED) is 0.604. The van der Waals surface area contributed by atoms with Crippen LogP contribution in [0, 0.1) is 11.7 Å². The maximum Gasteiger partial charge on any atom is 0.341 e. The monoisotopic (exact) mass is 454 g/mol. The van der Waals surface area contributed by atoms with Crippen molar-refractivity contribution in [3.63, 3.8) is 0 Å². The van der Waals surface area contributed by atoms with Crippen molar-refractivity contribution in [2.45, 2.75) is 38.4 Å². The number of carbonyl (C=O) groups excluding carboxylic acids is 3. The van der Waals surface area contributed by atoms with E-state index in [4.69, 9.17) is 18.9 Å². The highest BCUT2D eigenvalue weighted by Crippen LogP contribution is 2.35. The molecule has 1 saturated carbocycles. The number of carbonyl (C=O) groups is 3. The van der Waals surface area contributed by atoms with E-state index in [9.17, 15) is 18.8 Å². The zero-order valence-corrected chi connectivity index (χ0v) is 18.0. The number of Topliss-reactive ketones (excluding diaryl/α,β-unsaturated/α-hetero) is 1. The number of ketones is 1. The van der Waals surface area contributed by atoms with E-state index in [2.05, 4.69) is 0 Å². The molecule has 7 nitrogen and oxygen atoms in total. The normalized spacial score (nSPS) is 21.8. The summed E-state index contributed by atoms with van der Waals surface area (Å²) in [5.74, 6) is -1.97. The van der Waals surface area contributed by atoms with Gasteiger partial charge in [0.05, 0.1) is 23.7 Å². The van der Waals surface area contributed by atoms with E-state index in [1.807, 2.05) is 0 Å². The number of halogens is 1. The van der Waals surface area contributed by atoms with Gasteiger partial charge in [-0.25, -0.2) is 14.0 Å². The second kappa shape index (κ2) is 9.85. The fourth-order valence-corrected chi connectivity index (χ4v) is 3.96. The van der Waals surface area contributed by atoms with Gasteiger partial charge in [0.25, 0.3) is 0 Å². The first-order chi connectivity index (χ1) is 16.0. The third-order valence-corrected chi connectivity index (χ3v) is 5.63. The molecular formula is C25H23FO7. The van der Waals surface area contributed by atoms with Gasteiger partial charge < -0.3 is 18.9 Å². The average Bonchev–Trinajstić information content (AvgIpc) is 2.82. The first kappa shape index (κ1) is 22.5. The van der Waals surface area contributed by atoms with E-state index in [0.29, 0.717) is 30.6 Å². The Kier molecular flexibility index (Phi) is 6.72. The number of esters is 2. The number of hydrogen-bond acceptors (Lipinski definition) is 7. The van der Waals surface area contributed by atoms with Gasteiger partial charge >= 0.3 is 11.9 Å². The Morgan fingerprint density at radius 2 is 1.82 bits per heavy atom. The van der Waals surface area contributed by atoms with E-state index in [-0.39, 0.29) is 23.7 Å². The van der Waals surface area contributed by atoms with Crippen molar-refractivity contribution in [2.24, 2.45) is 5.92 Å². The van der Waals surface area contributed by atoms with Crippen LogP contribution in [-0.4, -0.2) is 36.5 Å². The summed E-state index contributed by atoms with van der Waals surface area (Å²) in [6.07, 6.45) is 1.57. The Morgan fingerprint density at radius 1 is 1.06 bits per heavy atom. The molecule has 0 radical (unpaired) electrons. The number of allylic oxidation sites excluding steroid dienone is 1. The molecule has 33 heavy (non-hydrogen) atoms. The molecule has 2 aromatic carbocycles. The summed E-state index contributed by atoms with van der Waals surface area (Å²) >= 11 is 0. The van der Waals surface area contributed by atoms with Crippen molar-refractivity contribution in [3.05, 3.63) is 77.5 Å². The van der Waals surface area contributed by atoms with Crippen LogP contribution in [0.5, 0.6) is 5.75 Å². The second-order valence-electron chi connectivity index (χ2n) is 7.79. The predicted molar refractivity (Wildman–Crippen MR) is 114 cm³/mol. The van der Waals surface area contributed by atoms with E-state index in [0.717, 1.165) is 0 Å². The summed E-state index contributed by atoms with van der Waals surface area (Å²) in [6, 6.07) is 11.9. The van der Waals surface area contributed by atoms with Gasteiger partial charge in [0.1, 0.15) is 30.0 Å². The Bertz CT molecular complexity index is 1080. The lowest BCUT2D eigenvalue weighted by Crippen LogP contribution is -2.43. The lowest BCUT2D eigenvalue weighted by Gasteiger charge is -2.36. The molecule has 3 atom stereocenters. The van der Waals surface area contributed by atoms with Crippen molar-refractivity contribution in [2.75, 3.05) is 6.61 Å². The molecule has 172 valence electrons. The number of hydrogen-bond donors (Lipinski definition) is 0. The predicted octanol–water partition coefficient (Wildman–Crippen LogP) is 4.22. The summed E-state index contributed by atoms with van der Waals surface area (Å²) in [7, 11) is 0. The summed E-state index contributed by atoms with van der Waals surface area (Å²) in [5, 5.41) is 0. The Balaban J connectivity index is 1.36. The molecule has 4 rings (SSSR count). The number of ether oxygens (including phenoxy) is 4. The fourth-order valence-electron chi connectivity index (χ4n) is 3.96. The SMILES string of the molecule is CCOC(=O)c1ccc(OC2=COC3CC(OC(=O)c4ccccc4F)CCC3C2=O)cc1. The van der Waals surface area contributed by atoms with E-state index >= 15 is 0 Å². The Morgan fingerprint density at radius 3 is 2.55 bits per heavy atom. The van der Waals surface area contributed by atoms with Crippen molar-refractivity contribution >= 4 is 17.7 Å². The van der Waals surface area contributed by atoms with Crippen LogP contribution in [0.15, 0.2) is 60.6 Å². The van der Waals surface area contributed by atoms with E-state index in [1.165, 1.54) is 24.5 Å². The highest BCUT2D eigenvalue weighted by Gasteiger charge is 2.42. The molecule has 8 heteroatoms. The molecule has 1 aliphatic carbocycles. The van der Waals surface area contributed by atoms with Crippen LogP contribution in [-0.2, 0) is 19.0 Å². The molecule has 0 N–H and O–H groups in total. The van der Waals surface area contributed by atoms with Gasteiger partial charge in [0, 0.05) is 6.42 Å². The van der Waals surface area contributed by atoms with Crippen LogP contribution in [0.1, 0.15) is 46.9 Å². The van der Waals surface area contributed by atoms with Crippen LogP contribution in [0.25, 0.3) is 0 Å². The molecule has 2 aliphatic rings. The van der Waals surface area contributed by atoms with Gasteiger partial charge in [-0.1, -0.05) is 12.1 Å². The molecule has 0 spiro atoms. The molecule has 1 fully saturated rings. The lowest BCUT2D eigenvalue weighted by atomic mass is 9.80. The topological polar surface area (TPSA) is 88.1 Å². The van der Waals surface area contributed by atoms with Gasteiger partial charge in [-0.2, -0.15) is 0 Å². The first-order valence-electron chi connectivity index (χ1n) is 10.8. The minimum atomic E-state index is -0.732. The van der Waals surface area contributed by atoms with Crippen molar-refractivity contribution in [1.29, 1.82) is 0 Å². The van der Waals surface area contributed by atoms with Crippen LogP contribution in [0.2, 0.25) is 0 Å². The summed E-state index contributed by atoms with van der Waals surface area (Å²) < 4.78 is 35.6. The number of benzene rings is 2. The third-order valence-electron chi connectivity index (χ3n) is 5.63. The molecule has 3 unspecified atom stereocenters.